The molecule has 1 fully saturated rings. The number of halogens is 7. The van der Waals surface area contributed by atoms with Crippen molar-refractivity contribution in [2.75, 3.05) is 24.5 Å². The third-order valence-electron chi connectivity index (χ3n) is 6.56. The summed E-state index contributed by atoms with van der Waals surface area (Å²) in [6.07, 6.45) is -11.6. The van der Waals surface area contributed by atoms with E-state index in [9.17, 15) is 39.9 Å². The molecule has 0 bridgehead atoms. The van der Waals surface area contributed by atoms with Gasteiger partial charge >= 0.3 is 12.4 Å². The molecule has 0 unspecified atom stereocenters. The summed E-state index contributed by atoms with van der Waals surface area (Å²) in [7, 11) is -3.77. The van der Waals surface area contributed by atoms with Crippen LogP contribution in [0.2, 0.25) is 0 Å². The highest BCUT2D eigenvalue weighted by molar-refractivity contribution is 7.91. The molecule has 4 rings (SSSR count). The Morgan fingerprint density at radius 1 is 0.923 bits per heavy atom. The Morgan fingerprint density at radius 3 is 2.03 bits per heavy atom. The standard InChI is InChI=1S/C25H24F6N2O3S2.ClH/c1-17-4-6-18(7-5-17)15-21-16-32(38(35,36)22-3-2-14-37-22)12-13-33(21)20-10-8-19(9-11-20)23(34,24(26,27)28)25(29,30)31;/h2-11,14,21,34H,12-13,15-16H2,1H3;1H/t21-;/m0./s1. The minimum absolute atomic E-state index is 0. The first-order chi connectivity index (χ1) is 17.6. The van der Waals surface area contributed by atoms with Gasteiger partial charge in [-0.15, -0.1) is 23.7 Å². The van der Waals surface area contributed by atoms with E-state index in [0.29, 0.717) is 24.2 Å². The van der Waals surface area contributed by atoms with Crippen LogP contribution in [0.15, 0.2) is 70.3 Å². The largest absolute Gasteiger partial charge is 0.430 e. The van der Waals surface area contributed by atoms with Crippen LogP contribution in [0.4, 0.5) is 32.0 Å². The molecule has 1 aliphatic heterocycles. The number of rotatable bonds is 6. The lowest BCUT2D eigenvalue weighted by atomic mass is 9.92. The van der Waals surface area contributed by atoms with E-state index in [4.69, 9.17) is 0 Å². The number of piperazine rings is 1. The Bertz CT molecular complexity index is 1330. The molecule has 0 amide bonds. The smallest absolute Gasteiger partial charge is 0.369 e. The second-order valence-electron chi connectivity index (χ2n) is 9.08. The number of hydrogen-bond acceptors (Lipinski definition) is 5. The highest BCUT2D eigenvalue weighted by Gasteiger charge is 2.71. The summed E-state index contributed by atoms with van der Waals surface area (Å²) in [6.45, 7) is 2.20. The Balaban J connectivity index is 0.00000420. The summed E-state index contributed by atoms with van der Waals surface area (Å²) in [5.41, 5.74) is -4.15. The third kappa shape index (κ3) is 6.07. The van der Waals surface area contributed by atoms with Crippen molar-refractivity contribution in [2.24, 2.45) is 0 Å². The van der Waals surface area contributed by atoms with Gasteiger partial charge in [0.05, 0.1) is 0 Å². The van der Waals surface area contributed by atoms with Crippen LogP contribution in [-0.4, -0.2) is 55.9 Å². The molecule has 1 atom stereocenters. The topological polar surface area (TPSA) is 60.9 Å². The number of benzene rings is 2. The van der Waals surface area contributed by atoms with E-state index in [2.05, 4.69) is 0 Å². The van der Waals surface area contributed by atoms with E-state index in [1.807, 2.05) is 31.2 Å². The number of nitrogens with zero attached hydrogens (tertiary/aromatic N) is 2. The van der Waals surface area contributed by atoms with Crippen molar-refractivity contribution in [3.63, 3.8) is 0 Å². The highest BCUT2D eigenvalue weighted by atomic mass is 35.5. The number of sulfonamides is 1. The normalized spacial score (nSPS) is 17.6. The van der Waals surface area contributed by atoms with Crippen LogP contribution in [0.25, 0.3) is 0 Å². The number of aryl methyl sites for hydroxylation is 1. The predicted molar refractivity (Wildman–Crippen MR) is 139 cm³/mol. The molecule has 0 aliphatic carbocycles. The van der Waals surface area contributed by atoms with Crippen LogP contribution in [-0.2, 0) is 22.0 Å². The maximum Gasteiger partial charge on any atom is 0.430 e. The van der Waals surface area contributed by atoms with Crippen molar-refractivity contribution in [1.29, 1.82) is 0 Å². The first-order valence-corrected chi connectivity index (χ1v) is 13.8. The summed E-state index contributed by atoms with van der Waals surface area (Å²) in [5.74, 6) is 0. The van der Waals surface area contributed by atoms with Crippen LogP contribution in [0.3, 0.4) is 0 Å². The van der Waals surface area contributed by atoms with Gasteiger partial charge in [-0.25, -0.2) is 8.42 Å². The molecular weight excluding hydrogens is 590 g/mol. The maximum atomic E-state index is 13.3. The average Bonchev–Trinajstić information content (AvgIpc) is 3.40. The van der Waals surface area contributed by atoms with Gasteiger partial charge in [0, 0.05) is 36.9 Å². The molecule has 0 radical (unpaired) electrons. The molecule has 1 saturated heterocycles. The fourth-order valence-electron chi connectivity index (χ4n) is 4.48. The molecule has 2 heterocycles. The van der Waals surface area contributed by atoms with Crippen molar-refractivity contribution in [1.82, 2.24) is 4.31 Å². The molecule has 1 N–H and O–H groups in total. The van der Waals surface area contributed by atoms with E-state index in [0.717, 1.165) is 34.6 Å². The minimum atomic E-state index is -5.98. The van der Waals surface area contributed by atoms with E-state index >= 15 is 0 Å². The van der Waals surface area contributed by atoms with Gasteiger partial charge in [-0.05, 0) is 42.5 Å². The quantitative estimate of drug-likeness (QED) is 0.351. The van der Waals surface area contributed by atoms with Crippen LogP contribution in [0, 0.1) is 6.92 Å². The molecule has 14 heteroatoms. The van der Waals surface area contributed by atoms with Crippen LogP contribution >= 0.6 is 23.7 Å². The summed E-state index contributed by atoms with van der Waals surface area (Å²) < 4.78 is 108. The lowest BCUT2D eigenvalue weighted by molar-refractivity contribution is -0.376. The first kappa shape index (κ1) is 31.2. The molecule has 1 aromatic heterocycles. The Morgan fingerprint density at radius 2 is 1.51 bits per heavy atom. The maximum absolute atomic E-state index is 13.3. The SMILES string of the molecule is Cc1ccc(C[C@H]2CN(S(=O)(=O)c3cccs3)CCN2c2ccc(C(O)(C(F)(F)F)C(F)(F)F)cc2)cc1.Cl. The first-order valence-electron chi connectivity index (χ1n) is 11.5. The molecule has 2 aromatic carbocycles. The van der Waals surface area contributed by atoms with Gasteiger partial charge in [0.25, 0.3) is 15.6 Å². The second-order valence-corrected chi connectivity index (χ2v) is 12.2. The number of anilines is 1. The van der Waals surface area contributed by atoms with Crippen molar-refractivity contribution < 1.29 is 39.9 Å². The third-order valence-corrected chi connectivity index (χ3v) is 9.80. The number of alkyl halides is 6. The van der Waals surface area contributed by atoms with Gasteiger partial charge in [0.2, 0.25) is 0 Å². The highest BCUT2D eigenvalue weighted by Crippen LogP contribution is 2.50. The van der Waals surface area contributed by atoms with E-state index < -0.39 is 39.6 Å². The molecule has 5 nitrogen and oxygen atoms in total. The Hall–Kier alpha value is -2.32. The number of thiophene rings is 1. The molecule has 3 aromatic rings. The van der Waals surface area contributed by atoms with Crippen molar-refractivity contribution >= 4 is 39.5 Å². The van der Waals surface area contributed by atoms with Gasteiger partial charge in [0.15, 0.2) is 0 Å². The van der Waals surface area contributed by atoms with E-state index in [1.165, 1.54) is 10.4 Å². The lowest BCUT2D eigenvalue weighted by Gasteiger charge is -2.42. The number of hydrogen-bond donors (Lipinski definition) is 1. The second kappa shape index (κ2) is 11.3. The predicted octanol–water partition coefficient (Wildman–Crippen LogP) is 5.91. The van der Waals surface area contributed by atoms with Crippen molar-refractivity contribution in [3.8, 4) is 0 Å². The van der Waals surface area contributed by atoms with Gasteiger partial charge in [-0.1, -0.05) is 48.0 Å². The van der Waals surface area contributed by atoms with Gasteiger partial charge in [-0.3, -0.25) is 0 Å². The molecule has 0 saturated carbocycles. The molecule has 39 heavy (non-hydrogen) atoms. The number of aliphatic hydroxyl groups is 1. The fraction of sp³-hybridized carbons (Fsp3) is 0.360. The molecular formula is C25H25ClF6N2O3S2. The summed E-state index contributed by atoms with van der Waals surface area (Å²) >= 11 is 1.08. The summed E-state index contributed by atoms with van der Waals surface area (Å²) in [6, 6.07) is 13.6. The van der Waals surface area contributed by atoms with Crippen molar-refractivity contribution in [2.45, 2.75) is 41.5 Å². The average molecular weight is 615 g/mol. The van der Waals surface area contributed by atoms with E-state index in [1.54, 1.807) is 16.3 Å². The summed E-state index contributed by atoms with van der Waals surface area (Å²) in [4.78, 5) is 1.77. The van der Waals surface area contributed by atoms with Crippen LogP contribution in [0.5, 0.6) is 0 Å². The molecule has 214 valence electrons. The zero-order chi connectivity index (χ0) is 27.9. The van der Waals surface area contributed by atoms with Gasteiger partial charge in [0.1, 0.15) is 4.21 Å². The Kier molecular flexibility index (Phi) is 9.03. The van der Waals surface area contributed by atoms with Crippen molar-refractivity contribution in [3.05, 3.63) is 82.7 Å². The van der Waals surface area contributed by atoms with Gasteiger partial charge in [-0.2, -0.15) is 30.6 Å². The zero-order valence-electron chi connectivity index (χ0n) is 20.4. The minimum Gasteiger partial charge on any atom is -0.369 e. The Labute approximate surface area is 232 Å². The molecule has 1 aliphatic rings. The monoisotopic (exact) mass is 614 g/mol. The van der Waals surface area contributed by atoms with Crippen LogP contribution in [0.1, 0.15) is 16.7 Å². The molecule has 0 spiro atoms. The summed E-state index contributed by atoms with van der Waals surface area (Å²) in [5, 5.41) is 11.4. The van der Waals surface area contributed by atoms with Gasteiger partial charge < -0.3 is 10.0 Å². The fourth-order valence-corrected chi connectivity index (χ4v) is 7.09. The lowest BCUT2D eigenvalue weighted by Crippen LogP contribution is -2.55. The van der Waals surface area contributed by atoms with E-state index in [-0.39, 0.29) is 36.3 Å². The zero-order valence-corrected chi connectivity index (χ0v) is 22.9. The van der Waals surface area contributed by atoms with Crippen LogP contribution < -0.4 is 4.90 Å².